The van der Waals surface area contributed by atoms with E-state index in [0.717, 1.165) is 36.9 Å². The quantitative estimate of drug-likeness (QED) is 0.592. The highest BCUT2D eigenvalue weighted by molar-refractivity contribution is 5.95. The van der Waals surface area contributed by atoms with Gasteiger partial charge >= 0.3 is 0 Å². The smallest absolute Gasteiger partial charge is 0.254 e. The zero-order valence-electron chi connectivity index (χ0n) is 19.9. The summed E-state index contributed by atoms with van der Waals surface area (Å²) in [5.41, 5.74) is 4.44. The van der Waals surface area contributed by atoms with Crippen molar-refractivity contribution < 1.29 is 4.79 Å². The maximum atomic E-state index is 14.1. The number of benzene rings is 2. The Hall–Kier alpha value is -2.98. The number of likely N-dealkylation sites (tertiary alicyclic amines) is 1. The average Bonchev–Trinajstić information content (AvgIpc) is 3.18. The van der Waals surface area contributed by atoms with Gasteiger partial charge in [-0.05, 0) is 55.4 Å². The Morgan fingerprint density at radius 2 is 1.76 bits per heavy atom. The number of piperidine rings is 1. The van der Waals surface area contributed by atoms with Crippen molar-refractivity contribution in [3.05, 3.63) is 101 Å². The zero-order chi connectivity index (χ0) is 23.1. The summed E-state index contributed by atoms with van der Waals surface area (Å²) in [6, 6.07) is 26.3. The van der Waals surface area contributed by atoms with Crippen LogP contribution in [0.4, 0.5) is 0 Å². The van der Waals surface area contributed by atoms with E-state index in [1.54, 1.807) is 6.20 Å². The first kappa shape index (κ1) is 21.5. The van der Waals surface area contributed by atoms with Gasteiger partial charge in [0.1, 0.15) is 0 Å². The Labute approximate surface area is 202 Å². The molecule has 1 aliphatic carbocycles. The number of aromatic nitrogens is 1. The van der Waals surface area contributed by atoms with Crippen LogP contribution >= 0.6 is 0 Å². The molecule has 1 aromatic heterocycles. The van der Waals surface area contributed by atoms with E-state index in [9.17, 15) is 4.79 Å². The number of carbonyl (C=O) groups is 1. The lowest BCUT2D eigenvalue weighted by Crippen LogP contribution is -2.58. The summed E-state index contributed by atoms with van der Waals surface area (Å²) in [4.78, 5) is 21.0. The molecule has 3 heterocycles. The molecule has 34 heavy (non-hydrogen) atoms. The topological polar surface area (TPSA) is 45.2 Å². The molecule has 1 amide bonds. The second kappa shape index (κ2) is 8.66. The number of amides is 1. The van der Waals surface area contributed by atoms with Crippen molar-refractivity contribution in [1.29, 1.82) is 0 Å². The van der Waals surface area contributed by atoms with Crippen LogP contribution < -0.4 is 5.32 Å². The number of carbonyl (C=O) groups excluding carboxylic acids is 1. The summed E-state index contributed by atoms with van der Waals surface area (Å²) in [6.07, 6.45) is 8.11. The van der Waals surface area contributed by atoms with Gasteiger partial charge in [-0.1, -0.05) is 67.6 Å². The molecule has 2 bridgehead atoms. The van der Waals surface area contributed by atoms with E-state index in [-0.39, 0.29) is 23.4 Å². The maximum Gasteiger partial charge on any atom is 0.254 e. The molecule has 3 aliphatic rings. The van der Waals surface area contributed by atoms with Gasteiger partial charge < -0.3 is 10.2 Å². The van der Waals surface area contributed by atoms with Gasteiger partial charge in [-0.3, -0.25) is 9.78 Å². The van der Waals surface area contributed by atoms with Crippen molar-refractivity contribution in [2.75, 3.05) is 0 Å². The summed E-state index contributed by atoms with van der Waals surface area (Å²) < 4.78 is 0. The number of fused-ring (bicyclic) bond motifs is 1. The minimum absolute atomic E-state index is 0.158. The van der Waals surface area contributed by atoms with E-state index < -0.39 is 0 Å². The fraction of sp³-hybridized carbons (Fsp3) is 0.400. The van der Waals surface area contributed by atoms with E-state index in [2.05, 4.69) is 76.7 Å². The number of pyridine rings is 1. The molecule has 0 radical (unpaired) electrons. The van der Waals surface area contributed by atoms with Crippen LogP contribution in [0.3, 0.4) is 0 Å². The SMILES string of the molecule is C[C@@]12C[C@H]3[C@@H](Cc4ccccc4)N[C@@H]1CCC[C@@H]2N3C(=O)c1ccnc(Cc2ccccc2)c1. The van der Waals surface area contributed by atoms with E-state index >= 15 is 0 Å². The molecule has 2 aromatic carbocycles. The molecule has 2 saturated heterocycles. The molecule has 1 N–H and O–H groups in total. The predicted molar refractivity (Wildman–Crippen MR) is 135 cm³/mol. The first-order valence-corrected chi connectivity index (χ1v) is 12.7. The van der Waals surface area contributed by atoms with Crippen LogP contribution in [0, 0.1) is 5.41 Å². The Bertz CT molecular complexity index is 1160. The van der Waals surface area contributed by atoms with Gasteiger partial charge in [0.2, 0.25) is 0 Å². The van der Waals surface area contributed by atoms with Crippen LogP contribution in [-0.2, 0) is 12.8 Å². The Morgan fingerprint density at radius 1 is 1.03 bits per heavy atom. The second-order valence-corrected chi connectivity index (χ2v) is 10.7. The van der Waals surface area contributed by atoms with Crippen molar-refractivity contribution in [2.45, 2.75) is 69.6 Å². The second-order valence-electron chi connectivity index (χ2n) is 10.7. The maximum absolute atomic E-state index is 14.1. The molecule has 5 atom stereocenters. The third-order valence-corrected chi connectivity index (χ3v) is 8.57. The normalized spacial score (nSPS) is 29.7. The monoisotopic (exact) mass is 451 g/mol. The molecule has 0 unspecified atom stereocenters. The highest BCUT2D eigenvalue weighted by Gasteiger charge is 2.61. The standard InChI is InChI=1S/C30H33N3O/c1-30-20-26-25(18-22-11-6-3-7-12-22)32-27(30)13-8-14-28(30)33(26)29(34)23-15-16-31-24(19-23)17-21-9-4-2-5-10-21/h2-7,9-12,15-16,19,25-28,32H,8,13-14,17-18,20H2,1H3/t25-,26+,27-,28+,30-/m1/s1. The van der Waals surface area contributed by atoms with Crippen LogP contribution in [0.1, 0.15) is 59.8 Å². The molecule has 4 heteroatoms. The van der Waals surface area contributed by atoms with Crippen LogP contribution in [-0.4, -0.2) is 40.0 Å². The number of hydrogen-bond donors (Lipinski definition) is 1. The summed E-state index contributed by atoms with van der Waals surface area (Å²) in [7, 11) is 0. The van der Waals surface area contributed by atoms with E-state index in [4.69, 9.17) is 0 Å². The predicted octanol–water partition coefficient (Wildman–Crippen LogP) is 5.03. The summed E-state index contributed by atoms with van der Waals surface area (Å²) in [6.45, 7) is 2.42. The largest absolute Gasteiger partial charge is 0.330 e. The van der Waals surface area contributed by atoms with E-state index in [1.165, 1.54) is 24.0 Å². The fourth-order valence-electron chi connectivity index (χ4n) is 6.92. The molecule has 3 fully saturated rings. The van der Waals surface area contributed by atoms with Gasteiger partial charge in [-0.2, -0.15) is 0 Å². The molecule has 0 spiro atoms. The Kier molecular flexibility index (Phi) is 5.49. The summed E-state index contributed by atoms with van der Waals surface area (Å²) in [5, 5.41) is 4.01. The highest BCUT2D eigenvalue weighted by Crippen LogP contribution is 2.53. The number of rotatable bonds is 5. The Balaban J connectivity index is 1.31. The van der Waals surface area contributed by atoms with Gasteiger partial charge in [0, 0.05) is 53.5 Å². The molecule has 1 saturated carbocycles. The van der Waals surface area contributed by atoms with Crippen LogP contribution in [0.5, 0.6) is 0 Å². The third kappa shape index (κ3) is 3.74. The van der Waals surface area contributed by atoms with Gasteiger partial charge in [0.15, 0.2) is 0 Å². The molecule has 3 aromatic rings. The van der Waals surface area contributed by atoms with Crippen molar-refractivity contribution >= 4 is 5.91 Å². The molecule has 4 nitrogen and oxygen atoms in total. The van der Waals surface area contributed by atoms with Crippen molar-refractivity contribution in [1.82, 2.24) is 15.2 Å². The van der Waals surface area contributed by atoms with Gasteiger partial charge in [0.25, 0.3) is 5.91 Å². The number of hydrogen-bond acceptors (Lipinski definition) is 3. The molecular formula is C30H33N3O. The van der Waals surface area contributed by atoms with E-state index in [1.807, 2.05) is 18.2 Å². The number of nitrogens with zero attached hydrogens (tertiary/aromatic N) is 2. The number of nitrogens with one attached hydrogen (secondary N) is 1. The zero-order valence-corrected chi connectivity index (χ0v) is 19.9. The van der Waals surface area contributed by atoms with Crippen LogP contribution in [0.15, 0.2) is 79.0 Å². The van der Waals surface area contributed by atoms with Gasteiger partial charge in [-0.25, -0.2) is 0 Å². The van der Waals surface area contributed by atoms with Gasteiger partial charge in [0.05, 0.1) is 0 Å². The van der Waals surface area contributed by atoms with Crippen LogP contribution in [0.2, 0.25) is 0 Å². The first-order valence-electron chi connectivity index (χ1n) is 12.7. The van der Waals surface area contributed by atoms with E-state index in [0.29, 0.717) is 12.1 Å². The lowest BCUT2D eigenvalue weighted by Gasteiger charge is -2.46. The Morgan fingerprint density at radius 3 is 2.53 bits per heavy atom. The van der Waals surface area contributed by atoms with Crippen molar-refractivity contribution in [2.24, 2.45) is 5.41 Å². The third-order valence-electron chi connectivity index (χ3n) is 8.57. The van der Waals surface area contributed by atoms with Gasteiger partial charge in [-0.15, -0.1) is 0 Å². The lowest BCUT2D eigenvalue weighted by atomic mass is 9.65. The molecule has 6 rings (SSSR count). The molecule has 2 aliphatic heterocycles. The minimum Gasteiger partial charge on any atom is -0.330 e. The lowest BCUT2D eigenvalue weighted by molar-refractivity contribution is 0.0558. The van der Waals surface area contributed by atoms with Crippen molar-refractivity contribution in [3.63, 3.8) is 0 Å². The molecule has 174 valence electrons. The highest BCUT2D eigenvalue weighted by atomic mass is 16.2. The fourth-order valence-corrected chi connectivity index (χ4v) is 6.92. The van der Waals surface area contributed by atoms with Crippen molar-refractivity contribution in [3.8, 4) is 0 Å². The van der Waals surface area contributed by atoms with Crippen LogP contribution in [0.25, 0.3) is 0 Å². The summed E-state index contributed by atoms with van der Waals surface area (Å²) in [5.74, 6) is 0.179. The average molecular weight is 452 g/mol. The summed E-state index contributed by atoms with van der Waals surface area (Å²) >= 11 is 0. The first-order chi connectivity index (χ1) is 16.6. The molecular weight excluding hydrogens is 418 g/mol. The minimum atomic E-state index is 0.158.